The zero-order chi connectivity index (χ0) is 14.7. The molecule has 0 aliphatic rings. The van der Waals surface area contributed by atoms with Crippen LogP contribution in [0.5, 0.6) is 0 Å². The van der Waals surface area contributed by atoms with E-state index in [-0.39, 0.29) is 11.9 Å². The van der Waals surface area contributed by atoms with E-state index in [1.54, 1.807) is 13.0 Å². The van der Waals surface area contributed by atoms with Gasteiger partial charge in [0.15, 0.2) is 5.82 Å². The molecule has 0 radical (unpaired) electrons. The molecule has 0 saturated carbocycles. The summed E-state index contributed by atoms with van der Waals surface area (Å²) in [4.78, 5) is 12.1. The van der Waals surface area contributed by atoms with Crippen LogP contribution in [0.15, 0.2) is 28.8 Å². The quantitative estimate of drug-likeness (QED) is 0.898. The number of benzene rings is 1. The number of aromatic nitrogens is 1. The van der Waals surface area contributed by atoms with Crippen molar-refractivity contribution < 1.29 is 9.32 Å². The molecule has 1 atom stereocenters. The molecule has 1 amide bonds. The van der Waals surface area contributed by atoms with Gasteiger partial charge in [-0.1, -0.05) is 17.3 Å². The van der Waals surface area contributed by atoms with E-state index in [1.807, 2.05) is 39.0 Å². The van der Waals surface area contributed by atoms with Gasteiger partial charge in [-0.3, -0.25) is 4.79 Å². The van der Waals surface area contributed by atoms with E-state index in [4.69, 9.17) is 4.52 Å². The third-order valence-electron chi connectivity index (χ3n) is 3.25. The summed E-state index contributed by atoms with van der Waals surface area (Å²) in [6.07, 6.45) is 0. The fourth-order valence-corrected chi connectivity index (χ4v) is 1.87. The van der Waals surface area contributed by atoms with Crippen molar-refractivity contribution in [3.05, 3.63) is 41.2 Å². The highest BCUT2D eigenvalue weighted by Crippen LogP contribution is 2.19. The van der Waals surface area contributed by atoms with Gasteiger partial charge in [0.25, 0.3) is 0 Å². The lowest BCUT2D eigenvalue weighted by Gasteiger charge is -2.17. The normalized spacial score (nSPS) is 12.0. The van der Waals surface area contributed by atoms with E-state index in [9.17, 15) is 4.79 Å². The van der Waals surface area contributed by atoms with Crippen molar-refractivity contribution in [3.8, 4) is 0 Å². The average Bonchev–Trinajstić information content (AvgIpc) is 2.80. The van der Waals surface area contributed by atoms with Crippen molar-refractivity contribution in [1.29, 1.82) is 0 Å². The summed E-state index contributed by atoms with van der Waals surface area (Å²) in [5, 5.41) is 9.66. The first kappa shape index (κ1) is 14.1. The number of amides is 1. The average molecular weight is 273 g/mol. The van der Waals surface area contributed by atoms with Gasteiger partial charge in [0.1, 0.15) is 11.8 Å². The van der Waals surface area contributed by atoms with Gasteiger partial charge in [0.2, 0.25) is 5.91 Å². The number of aryl methyl sites for hydroxylation is 2. The topological polar surface area (TPSA) is 67.2 Å². The van der Waals surface area contributed by atoms with Crippen LogP contribution < -0.4 is 10.6 Å². The van der Waals surface area contributed by atoms with Gasteiger partial charge in [-0.25, -0.2) is 0 Å². The Morgan fingerprint density at radius 3 is 2.70 bits per heavy atom. The van der Waals surface area contributed by atoms with Crippen molar-refractivity contribution in [1.82, 2.24) is 5.16 Å². The highest BCUT2D eigenvalue weighted by atomic mass is 16.5. The largest absolute Gasteiger partial charge is 0.374 e. The molecular formula is C15H19N3O2. The molecule has 2 aromatic rings. The van der Waals surface area contributed by atoms with Crippen molar-refractivity contribution in [3.63, 3.8) is 0 Å². The molecule has 0 aliphatic carbocycles. The minimum atomic E-state index is -0.368. The minimum absolute atomic E-state index is 0.154. The van der Waals surface area contributed by atoms with E-state index in [2.05, 4.69) is 15.8 Å². The fourth-order valence-electron chi connectivity index (χ4n) is 1.87. The highest BCUT2D eigenvalue weighted by Gasteiger charge is 2.15. The van der Waals surface area contributed by atoms with Gasteiger partial charge in [0.05, 0.1) is 0 Å². The summed E-state index contributed by atoms with van der Waals surface area (Å²) < 4.78 is 4.91. The lowest BCUT2D eigenvalue weighted by atomic mass is 10.1. The maximum atomic E-state index is 12.1. The Hall–Kier alpha value is -2.30. The number of rotatable bonds is 4. The predicted molar refractivity (Wildman–Crippen MR) is 78.9 cm³/mol. The zero-order valence-electron chi connectivity index (χ0n) is 12.2. The molecule has 1 aromatic carbocycles. The Kier molecular flexibility index (Phi) is 4.08. The van der Waals surface area contributed by atoms with E-state index < -0.39 is 0 Å². The maximum Gasteiger partial charge on any atom is 0.247 e. The molecule has 0 spiro atoms. The van der Waals surface area contributed by atoms with Crippen LogP contribution in [0.2, 0.25) is 0 Å². The standard InChI is InChI=1S/C15H19N3O2/c1-9-6-5-7-13(11(9)3)16-12(4)15(19)17-14-8-10(2)20-18-14/h5-8,12,16H,1-4H3,(H,17,18,19). The van der Waals surface area contributed by atoms with Gasteiger partial charge < -0.3 is 15.2 Å². The number of carbonyl (C=O) groups excluding carboxylic acids is 1. The van der Waals surface area contributed by atoms with Crippen LogP contribution in [0.25, 0.3) is 0 Å². The summed E-state index contributed by atoms with van der Waals surface area (Å²) in [5.74, 6) is 0.941. The van der Waals surface area contributed by atoms with Gasteiger partial charge in [0, 0.05) is 11.8 Å². The number of nitrogens with zero attached hydrogens (tertiary/aromatic N) is 1. The van der Waals surface area contributed by atoms with Crippen LogP contribution in [-0.2, 0) is 4.79 Å². The summed E-state index contributed by atoms with van der Waals surface area (Å²) in [6, 6.07) is 7.29. The molecule has 106 valence electrons. The Morgan fingerprint density at radius 2 is 2.05 bits per heavy atom. The van der Waals surface area contributed by atoms with E-state index in [0.29, 0.717) is 11.6 Å². The molecule has 0 aliphatic heterocycles. The highest BCUT2D eigenvalue weighted by molar-refractivity contribution is 5.95. The Labute approximate surface area is 118 Å². The molecule has 5 heteroatoms. The third kappa shape index (κ3) is 3.17. The fraction of sp³-hybridized carbons (Fsp3) is 0.333. The smallest absolute Gasteiger partial charge is 0.247 e. The Bertz CT molecular complexity index is 619. The molecule has 1 heterocycles. The number of hydrogen-bond acceptors (Lipinski definition) is 4. The molecule has 5 nitrogen and oxygen atoms in total. The lowest BCUT2D eigenvalue weighted by Crippen LogP contribution is -2.32. The van der Waals surface area contributed by atoms with E-state index in [0.717, 1.165) is 11.3 Å². The van der Waals surface area contributed by atoms with Gasteiger partial charge in [-0.15, -0.1) is 0 Å². The SMILES string of the molecule is Cc1cc(NC(=O)C(C)Nc2cccc(C)c2C)no1. The zero-order valence-corrected chi connectivity index (χ0v) is 12.2. The molecular weight excluding hydrogens is 254 g/mol. The molecule has 0 saturated heterocycles. The number of hydrogen-bond donors (Lipinski definition) is 2. The van der Waals surface area contributed by atoms with Crippen LogP contribution in [0.1, 0.15) is 23.8 Å². The van der Waals surface area contributed by atoms with Crippen LogP contribution in [0.3, 0.4) is 0 Å². The second-order valence-electron chi connectivity index (χ2n) is 4.93. The van der Waals surface area contributed by atoms with E-state index >= 15 is 0 Å². The van der Waals surface area contributed by atoms with Gasteiger partial charge >= 0.3 is 0 Å². The molecule has 1 aromatic heterocycles. The van der Waals surface area contributed by atoms with Crippen LogP contribution in [0.4, 0.5) is 11.5 Å². The maximum absolute atomic E-state index is 12.1. The van der Waals surface area contributed by atoms with Crippen LogP contribution in [-0.4, -0.2) is 17.1 Å². The van der Waals surface area contributed by atoms with Crippen molar-refractivity contribution in [2.45, 2.75) is 33.7 Å². The Morgan fingerprint density at radius 1 is 1.30 bits per heavy atom. The lowest BCUT2D eigenvalue weighted by molar-refractivity contribution is -0.116. The molecule has 20 heavy (non-hydrogen) atoms. The predicted octanol–water partition coefficient (Wildman–Crippen LogP) is 3.04. The number of anilines is 2. The second kappa shape index (κ2) is 5.77. The molecule has 0 fully saturated rings. The minimum Gasteiger partial charge on any atom is -0.374 e. The first-order valence-electron chi connectivity index (χ1n) is 6.54. The summed E-state index contributed by atoms with van der Waals surface area (Å²) in [5.41, 5.74) is 3.29. The monoisotopic (exact) mass is 273 g/mol. The van der Waals surface area contributed by atoms with Crippen molar-refractivity contribution in [2.24, 2.45) is 0 Å². The summed E-state index contributed by atoms with van der Waals surface area (Å²) in [6.45, 7) is 7.66. The second-order valence-corrected chi connectivity index (χ2v) is 4.93. The van der Waals surface area contributed by atoms with Gasteiger partial charge in [-0.05, 0) is 44.9 Å². The van der Waals surface area contributed by atoms with Crippen molar-refractivity contribution >= 4 is 17.4 Å². The molecule has 1 unspecified atom stereocenters. The first-order valence-corrected chi connectivity index (χ1v) is 6.54. The third-order valence-corrected chi connectivity index (χ3v) is 3.25. The Balaban J connectivity index is 2.02. The molecule has 0 bridgehead atoms. The summed E-state index contributed by atoms with van der Waals surface area (Å²) in [7, 11) is 0. The first-order chi connectivity index (χ1) is 9.47. The van der Waals surface area contributed by atoms with Crippen LogP contribution >= 0.6 is 0 Å². The number of carbonyl (C=O) groups is 1. The van der Waals surface area contributed by atoms with E-state index in [1.165, 1.54) is 5.56 Å². The van der Waals surface area contributed by atoms with Gasteiger partial charge in [-0.2, -0.15) is 0 Å². The number of nitrogens with one attached hydrogen (secondary N) is 2. The van der Waals surface area contributed by atoms with Crippen molar-refractivity contribution in [2.75, 3.05) is 10.6 Å². The van der Waals surface area contributed by atoms with Crippen LogP contribution in [0, 0.1) is 20.8 Å². The summed E-state index contributed by atoms with van der Waals surface area (Å²) >= 11 is 0. The molecule has 2 N–H and O–H groups in total. The molecule has 2 rings (SSSR count).